The van der Waals surface area contributed by atoms with Crippen molar-refractivity contribution in [2.24, 2.45) is 0 Å². The van der Waals surface area contributed by atoms with E-state index in [1.165, 1.54) is 0 Å². The summed E-state index contributed by atoms with van der Waals surface area (Å²) in [4.78, 5) is 0. The van der Waals surface area contributed by atoms with Gasteiger partial charge in [-0.15, -0.1) is 26.3 Å². The lowest BCUT2D eigenvalue weighted by atomic mass is 10.1. The molecule has 0 spiro atoms. The lowest BCUT2D eigenvalue weighted by molar-refractivity contribution is 0.0320. The average molecular weight is 250 g/mol. The van der Waals surface area contributed by atoms with E-state index in [0.717, 1.165) is 25.7 Å². The first-order valence-corrected chi connectivity index (χ1v) is 6.45. The van der Waals surface area contributed by atoms with Crippen molar-refractivity contribution in [1.82, 2.24) is 0 Å². The fraction of sp³-hybridized carbons (Fsp3) is 0.500. The highest BCUT2D eigenvalue weighted by atomic mass is 16.5. The molecule has 102 valence electrons. The summed E-state index contributed by atoms with van der Waals surface area (Å²) < 4.78 is 11.3. The first kappa shape index (κ1) is 16.9. The Morgan fingerprint density at radius 3 is 1.33 bits per heavy atom. The van der Waals surface area contributed by atoms with Gasteiger partial charge in [-0.05, 0) is 25.7 Å². The molecule has 2 heteroatoms. The van der Waals surface area contributed by atoms with Crippen LogP contribution in [0.2, 0.25) is 0 Å². The molecule has 0 rings (SSSR count). The van der Waals surface area contributed by atoms with Crippen LogP contribution in [0, 0.1) is 0 Å². The molecule has 18 heavy (non-hydrogen) atoms. The van der Waals surface area contributed by atoms with Gasteiger partial charge in [0.1, 0.15) is 0 Å². The fourth-order valence-electron chi connectivity index (χ4n) is 1.69. The van der Waals surface area contributed by atoms with E-state index >= 15 is 0 Å². The lowest BCUT2D eigenvalue weighted by Gasteiger charge is -2.20. The number of rotatable bonds is 13. The summed E-state index contributed by atoms with van der Waals surface area (Å²) in [5, 5.41) is 0. The second kappa shape index (κ2) is 12.3. The van der Waals surface area contributed by atoms with E-state index in [0.29, 0.717) is 13.2 Å². The first-order chi connectivity index (χ1) is 8.78. The minimum absolute atomic E-state index is 0.195. The van der Waals surface area contributed by atoms with Crippen LogP contribution in [-0.2, 0) is 9.47 Å². The zero-order chi connectivity index (χ0) is 13.6. The molecule has 0 saturated carbocycles. The third kappa shape index (κ3) is 8.97. The molecule has 0 amide bonds. The Kier molecular flexibility index (Phi) is 11.6. The molecule has 2 nitrogen and oxygen atoms in total. The molecule has 0 bridgehead atoms. The van der Waals surface area contributed by atoms with Gasteiger partial charge in [0.05, 0.1) is 25.4 Å². The van der Waals surface area contributed by atoms with Crippen molar-refractivity contribution in [3.8, 4) is 0 Å². The van der Waals surface area contributed by atoms with E-state index in [2.05, 4.69) is 26.3 Å². The van der Waals surface area contributed by atoms with Gasteiger partial charge in [-0.3, -0.25) is 0 Å². The summed E-state index contributed by atoms with van der Waals surface area (Å²) in [5.74, 6) is 0. The van der Waals surface area contributed by atoms with Crippen LogP contribution < -0.4 is 0 Å². The van der Waals surface area contributed by atoms with Crippen LogP contribution in [0.1, 0.15) is 25.7 Å². The summed E-state index contributed by atoms with van der Waals surface area (Å²) in [6.07, 6.45) is 11.3. The summed E-state index contributed by atoms with van der Waals surface area (Å²) >= 11 is 0. The summed E-state index contributed by atoms with van der Waals surface area (Å²) in [6, 6.07) is 0. The van der Waals surface area contributed by atoms with Crippen molar-refractivity contribution in [3.63, 3.8) is 0 Å². The Bertz CT molecular complexity index is 219. The minimum Gasteiger partial charge on any atom is -0.374 e. The van der Waals surface area contributed by atoms with Crippen LogP contribution >= 0.6 is 0 Å². The maximum Gasteiger partial charge on any atom is 0.0648 e. The normalized spacial score (nSPS) is 13.6. The number of ether oxygens (including phenoxy) is 2. The number of hydrogen-bond donors (Lipinski definition) is 0. The second-order valence-electron chi connectivity index (χ2n) is 4.11. The van der Waals surface area contributed by atoms with Gasteiger partial charge in [-0.2, -0.15) is 0 Å². The molecule has 2 atom stereocenters. The molecular weight excluding hydrogens is 224 g/mol. The molecule has 0 aliphatic rings. The van der Waals surface area contributed by atoms with E-state index in [9.17, 15) is 0 Å². The highest BCUT2D eigenvalue weighted by molar-refractivity contribution is 4.79. The van der Waals surface area contributed by atoms with E-state index in [1.807, 2.05) is 12.2 Å². The third-order valence-corrected chi connectivity index (χ3v) is 2.57. The van der Waals surface area contributed by atoms with Crippen LogP contribution in [0.25, 0.3) is 0 Å². The third-order valence-electron chi connectivity index (χ3n) is 2.57. The van der Waals surface area contributed by atoms with Gasteiger partial charge >= 0.3 is 0 Å². The van der Waals surface area contributed by atoms with Crippen LogP contribution in [0.3, 0.4) is 0 Å². The number of hydrogen-bond acceptors (Lipinski definition) is 2. The zero-order valence-corrected chi connectivity index (χ0v) is 11.4. The molecule has 0 unspecified atom stereocenters. The van der Waals surface area contributed by atoms with Gasteiger partial charge in [0.25, 0.3) is 0 Å². The predicted molar refractivity (Wildman–Crippen MR) is 78.7 cm³/mol. The maximum absolute atomic E-state index is 5.67. The quantitative estimate of drug-likeness (QED) is 0.459. The molecule has 0 aliphatic carbocycles. The van der Waals surface area contributed by atoms with E-state index in [1.54, 1.807) is 12.2 Å². The fourth-order valence-corrected chi connectivity index (χ4v) is 1.69. The van der Waals surface area contributed by atoms with Gasteiger partial charge in [0.2, 0.25) is 0 Å². The Hall–Kier alpha value is -1.12. The largest absolute Gasteiger partial charge is 0.374 e. The highest BCUT2D eigenvalue weighted by Crippen LogP contribution is 2.14. The molecule has 0 saturated heterocycles. The second-order valence-corrected chi connectivity index (χ2v) is 4.11. The smallest absolute Gasteiger partial charge is 0.0648 e. The monoisotopic (exact) mass is 250 g/mol. The van der Waals surface area contributed by atoms with E-state index in [4.69, 9.17) is 9.47 Å². The van der Waals surface area contributed by atoms with Gasteiger partial charge < -0.3 is 9.47 Å². The zero-order valence-electron chi connectivity index (χ0n) is 11.4. The van der Waals surface area contributed by atoms with Gasteiger partial charge in [0.15, 0.2) is 0 Å². The first-order valence-electron chi connectivity index (χ1n) is 6.45. The minimum atomic E-state index is 0.195. The SMILES string of the molecule is C=CCO[C@H](CC=C)CC[C@H](CC=C)OCC=C. The van der Waals surface area contributed by atoms with Gasteiger partial charge in [-0.1, -0.05) is 24.3 Å². The molecular formula is C16H26O2. The molecule has 0 aromatic heterocycles. The van der Waals surface area contributed by atoms with Crippen LogP contribution in [0.5, 0.6) is 0 Å². The maximum atomic E-state index is 5.67. The lowest BCUT2D eigenvalue weighted by Crippen LogP contribution is -2.18. The Labute approximate surface area is 112 Å². The average Bonchev–Trinajstić information content (AvgIpc) is 2.38. The molecule has 0 N–H and O–H groups in total. The molecule has 0 aromatic rings. The Morgan fingerprint density at radius 1 is 0.667 bits per heavy atom. The van der Waals surface area contributed by atoms with Crippen LogP contribution in [0.15, 0.2) is 50.6 Å². The molecule has 0 aromatic carbocycles. The van der Waals surface area contributed by atoms with Crippen molar-refractivity contribution in [1.29, 1.82) is 0 Å². The van der Waals surface area contributed by atoms with Crippen molar-refractivity contribution >= 4 is 0 Å². The van der Waals surface area contributed by atoms with Crippen LogP contribution in [-0.4, -0.2) is 25.4 Å². The predicted octanol–water partition coefficient (Wildman–Crippen LogP) is 4.06. The van der Waals surface area contributed by atoms with Gasteiger partial charge in [-0.25, -0.2) is 0 Å². The van der Waals surface area contributed by atoms with Crippen molar-refractivity contribution in [3.05, 3.63) is 50.6 Å². The summed E-state index contributed by atoms with van der Waals surface area (Å²) in [5.41, 5.74) is 0. The van der Waals surface area contributed by atoms with Crippen molar-refractivity contribution in [2.45, 2.75) is 37.9 Å². The molecule has 0 aliphatic heterocycles. The van der Waals surface area contributed by atoms with Crippen LogP contribution in [0.4, 0.5) is 0 Å². The summed E-state index contributed by atoms with van der Waals surface area (Å²) in [6.45, 7) is 16.0. The Morgan fingerprint density at radius 2 is 1.06 bits per heavy atom. The highest BCUT2D eigenvalue weighted by Gasteiger charge is 2.12. The molecule has 0 heterocycles. The topological polar surface area (TPSA) is 18.5 Å². The molecule has 0 fully saturated rings. The standard InChI is InChI=1S/C16H26O2/c1-5-9-15(17-13-7-3)11-12-16(10-6-2)18-14-8-4/h5-8,15-16H,1-4,9-14H2/t15-,16+. The molecule has 0 radical (unpaired) electrons. The van der Waals surface area contributed by atoms with Crippen molar-refractivity contribution in [2.75, 3.05) is 13.2 Å². The van der Waals surface area contributed by atoms with Crippen molar-refractivity contribution < 1.29 is 9.47 Å². The summed E-state index contributed by atoms with van der Waals surface area (Å²) in [7, 11) is 0. The van der Waals surface area contributed by atoms with Gasteiger partial charge in [0, 0.05) is 0 Å². The Balaban J connectivity index is 4.06. The van der Waals surface area contributed by atoms with E-state index < -0.39 is 0 Å². The van der Waals surface area contributed by atoms with E-state index in [-0.39, 0.29) is 12.2 Å².